The summed E-state index contributed by atoms with van der Waals surface area (Å²) in [5.74, 6) is 0.897. The number of nitrogens with zero attached hydrogens (tertiary/aromatic N) is 1. The van der Waals surface area contributed by atoms with E-state index < -0.39 is 0 Å². The van der Waals surface area contributed by atoms with Gasteiger partial charge < -0.3 is 4.74 Å². The van der Waals surface area contributed by atoms with E-state index in [0.717, 1.165) is 26.3 Å². The van der Waals surface area contributed by atoms with E-state index in [1.165, 1.54) is 4.70 Å². The molecule has 0 saturated carbocycles. The van der Waals surface area contributed by atoms with Gasteiger partial charge in [-0.15, -0.1) is 11.3 Å². The molecule has 1 heterocycles. The molecule has 3 rings (SSSR count). The zero-order valence-electron chi connectivity index (χ0n) is 10.4. The Morgan fingerprint density at radius 1 is 1.21 bits per heavy atom. The van der Waals surface area contributed by atoms with Crippen molar-refractivity contribution in [1.82, 2.24) is 4.98 Å². The van der Waals surface area contributed by atoms with Gasteiger partial charge in [0.25, 0.3) is 0 Å². The maximum Gasteiger partial charge on any atom is 0.140 e. The van der Waals surface area contributed by atoms with Gasteiger partial charge in [-0.3, -0.25) is 0 Å². The topological polar surface area (TPSA) is 22.1 Å². The fourth-order valence-corrected chi connectivity index (χ4v) is 3.07. The lowest BCUT2D eigenvalue weighted by atomic mass is 10.2. The van der Waals surface area contributed by atoms with Crippen LogP contribution in [-0.2, 0) is 6.61 Å². The van der Waals surface area contributed by atoms with Crippen LogP contribution in [0.5, 0.6) is 5.75 Å². The maximum absolute atomic E-state index is 5.85. The highest BCUT2D eigenvalue weighted by Gasteiger charge is 2.05. The molecule has 0 N–H and O–H groups in total. The van der Waals surface area contributed by atoms with Crippen molar-refractivity contribution < 1.29 is 4.74 Å². The van der Waals surface area contributed by atoms with Crippen LogP contribution in [0.15, 0.2) is 46.9 Å². The van der Waals surface area contributed by atoms with Crippen LogP contribution in [0.25, 0.3) is 10.2 Å². The second kappa shape index (κ2) is 5.31. The molecular formula is C15H12BrNOS. The highest BCUT2D eigenvalue weighted by Crippen LogP contribution is 2.26. The Bertz CT molecular complexity index is 690. The zero-order chi connectivity index (χ0) is 13.2. The molecule has 0 radical (unpaired) electrons. The summed E-state index contributed by atoms with van der Waals surface area (Å²) in [5.41, 5.74) is 2.17. The Hall–Kier alpha value is -1.39. The Kier molecular flexibility index (Phi) is 3.53. The molecule has 0 atom stereocenters. The summed E-state index contributed by atoms with van der Waals surface area (Å²) in [6.07, 6.45) is 0. The largest absolute Gasteiger partial charge is 0.486 e. The number of hydrogen-bond donors (Lipinski definition) is 0. The van der Waals surface area contributed by atoms with Crippen LogP contribution in [0.1, 0.15) is 10.6 Å². The van der Waals surface area contributed by atoms with Gasteiger partial charge in [0.15, 0.2) is 0 Å². The van der Waals surface area contributed by atoms with E-state index in [2.05, 4.69) is 27.0 Å². The molecule has 2 aromatic carbocycles. The fraction of sp³-hybridized carbons (Fsp3) is 0.133. The molecule has 0 bridgehead atoms. The number of ether oxygens (including phenoxy) is 1. The number of para-hydroxylation sites is 1. The first-order valence-corrected chi connectivity index (χ1v) is 7.57. The second-order valence-corrected chi connectivity index (χ2v) is 6.30. The monoisotopic (exact) mass is 333 g/mol. The molecule has 96 valence electrons. The Labute approximate surface area is 124 Å². The minimum Gasteiger partial charge on any atom is -0.486 e. The van der Waals surface area contributed by atoms with Gasteiger partial charge in [-0.25, -0.2) is 4.98 Å². The third-order valence-electron chi connectivity index (χ3n) is 2.84. The molecule has 0 aliphatic heterocycles. The first kappa shape index (κ1) is 12.6. The van der Waals surface area contributed by atoms with Crippen LogP contribution in [0, 0.1) is 6.92 Å². The average Bonchev–Trinajstić information content (AvgIpc) is 2.82. The molecule has 19 heavy (non-hydrogen) atoms. The van der Waals surface area contributed by atoms with Gasteiger partial charge in [0.05, 0.1) is 10.2 Å². The highest BCUT2D eigenvalue weighted by atomic mass is 79.9. The molecule has 0 aliphatic rings. The lowest BCUT2D eigenvalue weighted by Gasteiger charge is -2.07. The van der Waals surface area contributed by atoms with Gasteiger partial charge >= 0.3 is 0 Å². The average molecular weight is 334 g/mol. The van der Waals surface area contributed by atoms with E-state index >= 15 is 0 Å². The molecular weight excluding hydrogens is 322 g/mol. The SMILES string of the molecule is Cc1ccc(Br)cc1OCc1nc2ccccc2s1. The van der Waals surface area contributed by atoms with Crippen molar-refractivity contribution in [2.45, 2.75) is 13.5 Å². The van der Waals surface area contributed by atoms with E-state index in [0.29, 0.717) is 6.61 Å². The Morgan fingerprint density at radius 3 is 2.89 bits per heavy atom. The van der Waals surface area contributed by atoms with Crippen molar-refractivity contribution >= 4 is 37.5 Å². The molecule has 1 aromatic heterocycles. The van der Waals surface area contributed by atoms with Gasteiger partial charge in [-0.1, -0.05) is 34.1 Å². The fourth-order valence-electron chi connectivity index (χ4n) is 1.85. The molecule has 0 unspecified atom stereocenters. The molecule has 0 spiro atoms. The van der Waals surface area contributed by atoms with Crippen molar-refractivity contribution in [1.29, 1.82) is 0 Å². The van der Waals surface area contributed by atoms with Crippen LogP contribution in [-0.4, -0.2) is 4.98 Å². The first-order chi connectivity index (χ1) is 9.22. The lowest BCUT2D eigenvalue weighted by molar-refractivity contribution is 0.303. The second-order valence-electron chi connectivity index (χ2n) is 4.27. The van der Waals surface area contributed by atoms with Crippen LogP contribution in [0.4, 0.5) is 0 Å². The quantitative estimate of drug-likeness (QED) is 0.676. The number of aryl methyl sites for hydroxylation is 1. The third-order valence-corrected chi connectivity index (χ3v) is 4.34. The third kappa shape index (κ3) is 2.80. The summed E-state index contributed by atoms with van der Waals surface area (Å²) < 4.78 is 8.08. The van der Waals surface area contributed by atoms with Crippen molar-refractivity contribution in [3.05, 3.63) is 57.5 Å². The normalized spacial score (nSPS) is 10.8. The number of hydrogen-bond acceptors (Lipinski definition) is 3. The minimum atomic E-state index is 0.511. The number of fused-ring (bicyclic) bond motifs is 1. The summed E-state index contributed by atoms with van der Waals surface area (Å²) in [4.78, 5) is 4.56. The molecule has 2 nitrogen and oxygen atoms in total. The van der Waals surface area contributed by atoms with Crippen molar-refractivity contribution in [2.75, 3.05) is 0 Å². The molecule has 0 aliphatic carbocycles. The standard InChI is InChI=1S/C15H12BrNOS/c1-10-6-7-11(16)8-13(10)18-9-15-17-12-4-2-3-5-14(12)19-15/h2-8H,9H2,1H3. The smallest absolute Gasteiger partial charge is 0.140 e. The number of rotatable bonds is 3. The Morgan fingerprint density at radius 2 is 2.05 bits per heavy atom. The lowest BCUT2D eigenvalue weighted by Crippen LogP contribution is -1.96. The predicted molar refractivity (Wildman–Crippen MR) is 82.8 cm³/mol. The highest BCUT2D eigenvalue weighted by molar-refractivity contribution is 9.10. The summed E-state index contributed by atoms with van der Waals surface area (Å²) in [6, 6.07) is 14.2. The number of halogens is 1. The van der Waals surface area contributed by atoms with E-state index in [-0.39, 0.29) is 0 Å². The van der Waals surface area contributed by atoms with E-state index in [1.54, 1.807) is 11.3 Å². The van der Waals surface area contributed by atoms with E-state index in [1.807, 2.05) is 43.3 Å². The van der Waals surface area contributed by atoms with Crippen molar-refractivity contribution in [2.24, 2.45) is 0 Å². The zero-order valence-corrected chi connectivity index (χ0v) is 12.8. The van der Waals surface area contributed by atoms with Gasteiger partial charge in [-0.05, 0) is 36.8 Å². The maximum atomic E-state index is 5.85. The molecule has 3 aromatic rings. The number of benzene rings is 2. The van der Waals surface area contributed by atoms with Crippen molar-refractivity contribution in [3.8, 4) is 5.75 Å². The summed E-state index contributed by atoms with van der Waals surface area (Å²) in [5, 5.41) is 1.00. The van der Waals surface area contributed by atoms with Gasteiger partial charge in [0.2, 0.25) is 0 Å². The van der Waals surface area contributed by atoms with E-state index in [9.17, 15) is 0 Å². The van der Waals surface area contributed by atoms with Crippen LogP contribution in [0.3, 0.4) is 0 Å². The van der Waals surface area contributed by atoms with Gasteiger partial charge in [0.1, 0.15) is 17.4 Å². The summed E-state index contributed by atoms with van der Waals surface area (Å²) in [6.45, 7) is 2.55. The first-order valence-electron chi connectivity index (χ1n) is 5.96. The number of aromatic nitrogens is 1. The van der Waals surface area contributed by atoms with Crippen LogP contribution in [0.2, 0.25) is 0 Å². The predicted octanol–water partition coefficient (Wildman–Crippen LogP) is 4.95. The van der Waals surface area contributed by atoms with Gasteiger partial charge in [0, 0.05) is 4.47 Å². The molecule has 4 heteroatoms. The van der Waals surface area contributed by atoms with E-state index in [4.69, 9.17) is 4.74 Å². The summed E-state index contributed by atoms with van der Waals surface area (Å²) in [7, 11) is 0. The van der Waals surface area contributed by atoms with Crippen LogP contribution >= 0.6 is 27.3 Å². The minimum absolute atomic E-state index is 0.511. The molecule has 0 amide bonds. The van der Waals surface area contributed by atoms with Crippen molar-refractivity contribution in [3.63, 3.8) is 0 Å². The van der Waals surface area contributed by atoms with Crippen LogP contribution < -0.4 is 4.74 Å². The van der Waals surface area contributed by atoms with Gasteiger partial charge in [-0.2, -0.15) is 0 Å². The molecule has 0 fully saturated rings. The Balaban J connectivity index is 1.80. The summed E-state index contributed by atoms with van der Waals surface area (Å²) >= 11 is 5.14. The molecule has 0 saturated heterocycles. The number of thiazole rings is 1.